The highest BCUT2D eigenvalue weighted by atomic mass is 35.5. The van der Waals surface area contributed by atoms with Crippen LogP contribution in [-0.4, -0.2) is 45.1 Å². The lowest BCUT2D eigenvalue weighted by Gasteiger charge is -2.34. The van der Waals surface area contributed by atoms with E-state index in [-0.39, 0.29) is 18.4 Å². The lowest BCUT2D eigenvalue weighted by atomic mass is 9.97. The van der Waals surface area contributed by atoms with Gasteiger partial charge in [-0.25, -0.2) is 0 Å². The summed E-state index contributed by atoms with van der Waals surface area (Å²) in [5.74, 6) is -0.763. The highest BCUT2D eigenvalue weighted by Gasteiger charge is 2.35. The molecule has 0 aliphatic carbocycles. The topological polar surface area (TPSA) is 112 Å². The van der Waals surface area contributed by atoms with Gasteiger partial charge in [-0.05, 0) is 35.9 Å². The zero-order valence-corrected chi connectivity index (χ0v) is 19.0. The number of fused-ring (bicyclic) bond motifs is 2. The number of hydrogen-bond acceptors (Lipinski definition) is 4. The minimum atomic E-state index is -0.819. The molecule has 0 saturated carbocycles. The third kappa shape index (κ3) is 4.25. The highest BCUT2D eigenvalue weighted by molar-refractivity contribution is 6.31. The van der Waals surface area contributed by atoms with Crippen molar-refractivity contribution in [3.8, 4) is 0 Å². The van der Waals surface area contributed by atoms with E-state index < -0.39 is 11.9 Å². The molecule has 10 heteroatoms. The number of aryl methyl sites for hydroxylation is 1. The van der Waals surface area contributed by atoms with E-state index in [1.807, 2.05) is 18.2 Å². The normalized spacial score (nSPS) is 15.3. The molecule has 1 unspecified atom stereocenters. The molecule has 34 heavy (non-hydrogen) atoms. The third-order valence-corrected chi connectivity index (χ3v) is 5.92. The van der Waals surface area contributed by atoms with E-state index in [1.165, 1.54) is 4.90 Å². The Labute approximate surface area is 199 Å². The molecule has 0 saturated heterocycles. The second kappa shape index (κ2) is 8.68. The van der Waals surface area contributed by atoms with Crippen molar-refractivity contribution >= 4 is 51.7 Å². The summed E-state index contributed by atoms with van der Waals surface area (Å²) in [6, 6.07) is 15.2. The van der Waals surface area contributed by atoms with Gasteiger partial charge in [-0.15, -0.1) is 0 Å². The molecule has 9 nitrogen and oxygen atoms in total. The lowest BCUT2D eigenvalue weighted by Crippen LogP contribution is -2.54. The van der Waals surface area contributed by atoms with Gasteiger partial charge in [0.25, 0.3) is 5.91 Å². The summed E-state index contributed by atoms with van der Waals surface area (Å²) in [6.45, 7) is -0.205. The van der Waals surface area contributed by atoms with Crippen molar-refractivity contribution in [2.45, 2.75) is 12.5 Å². The second-order valence-electron chi connectivity index (χ2n) is 8.12. The number of rotatable bonds is 5. The van der Waals surface area contributed by atoms with Crippen LogP contribution >= 0.6 is 11.6 Å². The number of amides is 3. The Kier molecular flexibility index (Phi) is 5.54. The van der Waals surface area contributed by atoms with Crippen LogP contribution in [-0.2, 0) is 23.1 Å². The molecule has 1 aliphatic rings. The van der Waals surface area contributed by atoms with E-state index >= 15 is 0 Å². The van der Waals surface area contributed by atoms with Crippen LogP contribution < -0.4 is 15.5 Å². The maximum absolute atomic E-state index is 13.3. The first-order valence-electron chi connectivity index (χ1n) is 10.7. The van der Waals surface area contributed by atoms with Crippen LogP contribution in [0.25, 0.3) is 10.9 Å². The molecule has 172 valence electrons. The maximum Gasteiger partial charge on any atom is 0.268 e. The molecule has 3 amide bonds. The van der Waals surface area contributed by atoms with Crippen molar-refractivity contribution in [2.75, 3.05) is 16.8 Å². The van der Waals surface area contributed by atoms with Gasteiger partial charge >= 0.3 is 0 Å². The number of hydrogen-bond donors (Lipinski definition) is 3. The number of nitrogens with one attached hydrogen (secondary N) is 3. The summed E-state index contributed by atoms with van der Waals surface area (Å²) < 4.78 is 1.57. The number of carbonyl (C=O) groups is 3. The van der Waals surface area contributed by atoms with Crippen LogP contribution in [0.15, 0.2) is 60.8 Å². The smallest absolute Gasteiger partial charge is 0.268 e. The first-order valence-corrected chi connectivity index (χ1v) is 11.0. The summed E-state index contributed by atoms with van der Waals surface area (Å²) in [5.41, 5.74) is 2.60. The predicted octanol–water partition coefficient (Wildman–Crippen LogP) is 2.88. The summed E-state index contributed by atoms with van der Waals surface area (Å²) in [7, 11) is 1.75. The van der Waals surface area contributed by atoms with Gasteiger partial charge in [0, 0.05) is 47.3 Å². The number of para-hydroxylation sites is 1. The molecule has 1 atom stereocenters. The summed E-state index contributed by atoms with van der Waals surface area (Å²) in [4.78, 5) is 43.4. The minimum Gasteiger partial charge on any atom is -0.351 e. The van der Waals surface area contributed by atoms with E-state index in [0.717, 1.165) is 16.5 Å². The van der Waals surface area contributed by atoms with Gasteiger partial charge in [0.1, 0.15) is 18.3 Å². The molecule has 5 rings (SSSR count). The van der Waals surface area contributed by atoms with E-state index in [9.17, 15) is 14.4 Å². The van der Waals surface area contributed by atoms with Gasteiger partial charge in [0.05, 0.1) is 0 Å². The van der Waals surface area contributed by atoms with Crippen molar-refractivity contribution in [2.24, 2.45) is 7.05 Å². The van der Waals surface area contributed by atoms with E-state index in [2.05, 4.69) is 20.7 Å². The van der Waals surface area contributed by atoms with Gasteiger partial charge in [-0.3, -0.25) is 19.1 Å². The average Bonchev–Trinajstić information content (AvgIpc) is 3.42. The Morgan fingerprint density at radius 2 is 2.00 bits per heavy atom. The molecule has 0 fully saturated rings. The average molecular weight is 477 g/mol. The zero-order chi connectivity index (χ0) is 23.8. The Hall–Kier alpha value is -4.11. The van der Waals surface area contributed by atoms with Crippen molar-refractivity contribution < 1.29 is 14.4 Å². The predicted molar refractivity (Wildman–Crippen MR) is 129 cm³/mol. The fraction of sp³-hybridized carbons (Fsp3) is 0.167. The van der Waals surface area contributed by atoms with Gasteiger partial charge < -0.3 is 20.5 Å². The fourth-order valence-electron chi connectivity index (χ4n) is 4.11. The number of carbonyl (C=O) groups excluding carboxylic acids is 3. The van der Waals surface area contributed by atoms with E-state index in [0.29, 0.717) is 28.6 Å². The minimum absolute atomic E-state index is 0.205. The van der Waals surface area contributed by atoms with Crippen molar-refractivity contribution in [3.63, 3.8) is 0 Å². The second-order valence-corrected chi connectivity index (χ2v) is 8.56. The van der Waals surface area contributed by atoms with Crippen LogP contribution in [0.5, 0.6) is 0 Å². The Morgan fingerprint density at radius 1 is 1.18 bits per heavy atom. The molecular weight excluding hydrogens is 456 g/mol. The van der Waals surface area contributed by atoms with Gasteiger partial charge in [-0.1, -0.05) is 29.8 Å². The molecule has 0 radical (unpaired) electrons. The molecule has 0 spiro atoms. The van der Waals surface area contributed by atoms with Crippen LogP contribution in [0.2, 0.25) is 5.02 Å². The van der Waals surface area contributed by atoms with Gasteiger partial charge in [-0.2, -0.15) is 5.10 Å². The lowest BCUT2D eigenvalue weighted by molar-refractivity contribution is -0.123. The molecule has 3 N–H and O–H groups in total. The molecule has 0 bridgehead atoms. The van der Waals surface area contributed by atoms with Crippen LogP contribution in [0.1, 0.15) is 16.1 Å². The van der Waals surface area contributed by atoms with Crippen molar-refractivity contribution in [3.05, 3.63) is 77.1 Å². The van der Waals surface area contributed by atoms with E-state index in [1.54, 1.807) is 54.3 Å². The fourth-order valence-corrected chi connectivity index (χ4v) is 4.29. The standard InChI is InChI=1S/C24H21ClN6O3/c1-30-9-8-21(29-30)28-22(32)13-31-20-5-3-2-4-14(20)11-19(24(31)34)27-23(33)18-12-15-10-16(25)6-7-17(15)26-18/h2-10,12,19,26H,11,13H2,1H3,(H,27,33)(H,28,29,32). The first kappa shape index (κ1) is 21.7. The summed E-state index contributed by atoms with van der Waals surface area (Å²) in [6.07, 6.45) is 2.03. The molecule has 1 aliphatic heterocycles. The Morgan fingerprint density at radius 3 is 2.79 bits per heavy atom. The zero-order valence-electron chi connectivity index (χ0n) is 18.2. The van der Waals surface area contributed by atoms with Crippen LogP contribution in [0, 0.1) is 0 Å². The molecule has 3 heterocycles. The van der Waals surface area contributed by atoms with Gasteiger partial charge in [0.2, 0.25) is 11.8 Å². The first-order chi connectivity index (χ1) is 16.4. The number of anilines is 2. The summed E-state index contributed by atoms with van der Waals surface area (Å²) in [5, 5.41) is 11.0. The molecule has 2 aromatic heterocycles. The number of benzene rings is 2. The van der Waals surface area contributed by atoms with Gasteiger partial charge in [0.15, 0.2) is 5.82 Å². The number of nitrogens with zero attached hydrogens (tertiary/aromatic N) is 3. The Balaban J connectivity index is 1.36. The number of halogens is 1. The molecular formula is C24H21ClN6O3. The van der Waals surface area contributed by atoms with Crippen LogP contribution in [0.4, 0.5) is 11.5 Å². The number of aromatic amines is 1. The summed E-state index contributed by atoms with van der Waals surface area (Å²) >= 11 is 6.04. The third-order valence-electron chi connectivity index (χ3n) is 5.69. The molecule has 4 aromatic rings. The van der Waals surface area contributed by atoms with Crippen molar-refractivity contribution in [1.82, 2.24) is 20.1 Å². The largest absolute Gasteiger partial charge is 0.351 e. The highest BCUT2D eigenvalue weighted by Crippen LogP contribution is 2.28. The monoisotopic (exact) mass is 476 g/mol. The van der Waals surface area contributed by atoms with E-state index in [4.69, 9.17) is 11.6 Å². The molecule has 2 aromatic carbocycles. The quantitative estimate of drug-likeness (QED) is 0.411. The van der Waals surface area contributed by atoms with Crippen LogP contribution in [0.3, 0.4) is 0 Å². The Bertz CT molecular complexity index is 1430. The number of aromatic nitrogens is 3. The van der Waals surface area contributed by atoms with Crippen molar-refractivity contribution in [1.29, 1.82) is 0 Å². The number of H-pyrrole nitrogens is 1. The SMILES string of the molecule is Cn1ccc(NC(=O)CN2C(=O)C(NC(=O)c3cc4cc(Cl)ccc4[nH]3)Cc3ccccc32)n1. The maximum atomic E-state index is 13.3.